The van der Waals surface area contributed by atoms with Crippen LogP contribution in [0.2, 0.25) is 0 Å². The fourth-order valence-electron chi connectivity index (χ4n) is 3.64. The summed E-state index contributed by atoms with van der Waals surface area (Å²) in [5, 5.41) is 12.7. The highest BCUT2D eigenvalue weighted by Crippen LogP contribution is 2.30. The number of hydrogen-bond acceptors (Lipinski definition) is 8. The van der Waals surface area contributed by atoms with Crippen LogP contribution in [-0.2, 0) is 5.41 Å². The molecule has 1 unspecified atom stereocenters. The zero-order chi connectivity index (χ0) is 24.3. The minimum atomic E-state index is -0.841. The summed E-state index contributed by atoms with van der Waals surface area (Å²) in [6.45, 7) is 4.92. The molecule has 10 heteroatoms. The molecule has 10 nitrogen and oxygen atoms in total. The number of piperidine rings is 1. The number of nitrogens with zero attached hydrogens (tertiary/aromatic N) is 5. The Balaban J connectivity index is 2.07. The number of aromatic nitrogens is 2. The number of carbonyl (C=O) groups is 2. The number of rotatable bonds is 6. The third-order valence-corrected chi connectivity index (χ3v) is 5.63. The van der Waals surface area contributed by atoms with Gasteiger partial charge < -0.3 is 26.6 Å². The molecule has 1 saturated heterocycles. The van der Waals surface area contributed by atoms with Crippen LogP contribution in [0, 0.1) is 11.3 Å². The summed E-state index contributed by atoms with van der Waals surface area (Å²) in [5.74, 6) is -0.232. The van der Waals surface area contributed by atoms with Gasteiger partial charge in [-0.15, -0.1) is 0 Å². The van der Waals surface area contributed by atoms with Gasteiger partial charge in [-0.1, -0.05) is 0 Å². The van der Waals surface area contributed by atoms with Crippen molar-refractivity contribution in [1.82, 2.24) is 14.9 Å². The zero-order valence-corrected chi connectivity index (χ0v) is 19.4. The van der Waals surface area contributed by atoms with Gasteiger partial charge >= 0.3 is 0 Å². The van der Waals surface area contributed by atoms with E-state index in [2.05, 4.69) is 21.4 Å². The van der Waals surface area contributed by atoms with Crippen LogP contribution >= 0.6 is 0 Å². The van der Waals surface area contributed by atoms with Gasteiger partial charge in [0.05, 0.1) is 11.5 Å². The van der Waals surface area contributed by atoms with E-state index in [0.29, 0.717) is 29.3 Å². The molecule has 2 aromatic rings. The minimum absolute atomic E-state index is 0.0269. The number of nitrogens with two attached hydrogens (primary N) is 2. The third-order valence-electron chi connectivity index (χ3n) is 5.63. The zero-order valence-electron chi connectivity index (χ0n) is 19.4. The molecule has 0 aliphatic carbocycles. The van der Waals surface area contributed by atoms with E-state index in [1.807, 2.05) is 4.90 Å². The van der Waals surface area contributed by atoms with Crippen LogP contribution in [0.25, 0.3) is 0 Å². The number of carbonyl (C=O) groups excluding carboxylic acids is 2. The molecule has 1 aliphatic heterocycles. The minimum Gasteiger partial charge on any atom is -0.365 e. The Labute approximate surface area is 193 Å². The predicted molar refractivity (Wildman–Crippen MR) is 126 cm³/mol. The van der Waals surface area contributed by atoms with Crippen LogP contribution in [-0.4, -0.2) is 59.9 Å². The van der Waals surface area contributed by atoms with Gasteiger partial charge in [-0.05, 0) is 50.5 Å². The number of nitriles is 1. The number of benzene rings is 1. The summed E-state index contributed by atoms with van der Waals surface area (Å²) in [6.07, 6.45) is 3.25. The van der Waals surface area contributed by atoms with E-state index in [-0.39, 0.29) is 23.3 Å². The molecule has 1 fully saturated rings. The third kappa shape index (κ3) is 5.38. The molecule has 3 rings (SSSR count). The molecular formula is C23H30N8O2. The second kappa shape index (κ2) is 9.42. The van der Waals surface area contributed by atoms with Crippen molar-refractivity contribution in [2.75, 3.05) is 37.4 Å². The van der Waals surface area contributed by atoms with Crippen LogP contribution in [0.5, 0.6) is 0 Å². The molecule has 0 bridgehead atoms. The van der Waals surface area contributed by atoms with Gasteiger partial charge in [0.25, 0.3) is 11.8 Å². The average Bonchev–Trinajstić information content (AvgIpc) is 2.78. The molecular weight excluding hydrogens is 420 g/mol. The van der Waals surface area contributed by atoms with Crippen molar-refractivity contribution in [1.29, 1.82) is 5.26 Å². The lowest BCUT2D eigenvalue weighted by atomic mass is 9.85. The van der Waals surface area contributed by atoms with Crippen molar-refractivity contribution in [3.05, 3.63) is 41.1 Å². The van der Waals surface area contributed by atoms with Gasteiger partial charge in [0.1, 0.15) is 11.4 Å². The average molecular weight is 451 g/mol. The Morgan fingerprint density at radius 3 is 2.64 bits per heavy atom. The molecule has 1 aromatic heterocycles. The van der Waals surface area contributed by atoms with E-state index in [1.165, 1.54) is 11.1 Å². The van der Waals surface area contributed by atoms with Crippen LogP contribution < -0.4 is 21.7 Å². The predicted octanol–water partition coefficient (Wildman–Crippen LogP) is 1.75. The van der Waals surface area contributed by atoms with Crippen molar-refractivity contribution in [3.63, 3.8) is 0 Å². The van der Waals surface area contributed by atoms with Gasteiger partial charge in [-0.3, -0.25) is 9.59 Å². The van der Waals surface area contributed by atoms with Crippen LogP contribution in [0.1, 0.15) is 53.0 Å². The van der Waals surface area contributed by atoms with Gasteiger partial charge in [0.15, 0.2) is 0 Å². The van der Waals surface area contributed by atoms with E-state index in [1.54, 1.807) is 46.1 Å². The highest BCUT2D eigenvalue weighted by molar-refractivity contribution is 5.99. The van der Waals surface area contributed by atoms with Crippen molar-refractivity contribution < 1.29 is 9.59 Å². The van der Waals surface area contributed by atoms with Gasteiger partial charge in [-0.2, -0.15) is 10.2 Å². The molecule has 2 heterocycles. The Hall–Kier alpha value is -3.71. The van der Waals surface area contributed by atoms with E-state index in [9.17, 15) is 14.9 Å². The second-order valence-electron chi connectivity index (χ2n) is 9.01. The van der Waals surface area contributed by atoms with Gasteiger partial charge in [0.2, 0.25) is 5.95 Å². The lowest BCUT2D eigenvalue weighted by Gasteiger charge is -2.31. The highest BCUT2D eigenvalue weighted by Gasteiger charge is 2.24. The van der Waals surface area contributed by atoms with Gasteiger partial charge in [-0.25, -0.2) is 4.98 Å². The fourth-order valence-corrected chi connectivity index (χ4v) is 3.64. The maximum Gasteiger partial charge on any atom is 0.254 e. The number of primary amides is 1. The summed E-state index contributed by atoms with van der Waals surface area (Å²) >= 11 is 0. The summed E-state index contributed by atoms with van der Waals surface area (Å²) in [4.78, 5) is 37.0. The first kappa shape index (κ1) is 23.9. The molecule has 1 atom stereocenters. The number of nitrogens with one attached hydrogen (secondary N) is 1. The van der Waals surface area contributed by atoms with Crippen molar-refractivity contribution in [2.24, 2.45) is 11.5 Å². The number of anilines is 3. The molecule has 1 aromatic carbocycles. The highest BCUT2D eigenvalue weighted by atomic mass is 16.2. The fraction of sp³-hybridized carbons (Fsp3) is 0.435. The van der Waals surface area contributed by atoms with Crippen LogP contribution in [0.3, 0.4) is 0 Å². The second-order valence-corrected chi connectivity index (χ2v) is 9.01. The van der Waals surface area contributed by atoms with E-state index in [0.717, 1.165) is 19.4 Å². The molecule has 0 spiro atoms. The number of hydrogen-bond donors (Lipinski definition) is 3. The topological polar surface area (TPSA) is 154 Å². The van der Waals surface area contributed by atoms with E-state index < -0.39 is 11.3 Å². The first-order chi connectivity index (χ1) is 15.5. The van der Waals surface area contributed by atoms with Crippen LogP contribution in [0.4, 0.5) is 17.5 Å². The summed E-state index contributed by atoms with van der Waals surface area (Å²) < 4.78 is 0. The first-order valence-corrected chi connectivity index (χ1v) is 10.7. The Morgan fingerprint density at radius 2 is 2.03 bits per heavy atom. The van der Waals surface area contributed by atoms with Crippen LogP contribution in [0.15, 0.2) is 24.4 Å². The molecule has 174 valence electrons. The first-order valence-electron chi connectivity index (χ1n) is 10.7. The van der Waals surface area contributed by atoms with Crippen molar-refractivity contribution in [2.45, 2.75) is 38.1 Å². The molecule has 33 heavy (non-hydrogen) atoms. The lowest BCUT2D eigenvalue weighted by Crippen LogP contribution is -2.43. The molecule has 0 saturated carbocycles. The Kier molecular flexibility index (Phi) is 6.84. The van der Waals surface area contributed by atoms with E-state index >= 15 is 0 Å². The maximum atomic E-state index is 12.7. The van der Waals surface area contributed by atoms with Crippen molar-refractivity contribution >= 4 is 29.3 Å². The Bertz CT molecular complexity index is 1110. The maximum absolute atomic E-state index is 12.7. The standard InChI is InChI=1S/C23H30N8O2/c1-23(2,13-24)15-8-14(21(33)30(3)4)9-17(10-15)28-20-18(19(26)32)11-27-22(29-20)31-7-5-6-16(25)12-31/h8-11,16H,5-7,12,25H2,1-4H3,(H2,26,32)(H,27,28,29). The molecule has 5 N–H and O–H groups in total. The largest absolute Gasteiger partial charge is 0.365 e. The van der Waals surface area contributed by atoms with Crippen molar-refractivity contribution in [3.8, 4) is 6.07 Å². The quantitative estimate of drug-likeness (QED) is 0.601. The number of amides is 2. The summed E-state index contributed by atoms with van der Waals surface area (Å²) in [7, 11) is 3.31. The lowest BCUT2D eigenvalue weighted by molar-refractivity contribution is 0.0827. The smallest absolute Gasteiger partial charge is 0.254 e. The molecule has 2 amide bonds. The van der Waals surface area contributed by atoms with Gasteiger partial charge in [0, 0.05) is 50.7 Å². The summed E-state index contributed by atoms with van der Waals surface area (Å²) in [6, 6.07) is 7.40. The monoisotopic (exact) mass is 450 g/mol. The molecule has 1 aliphatic rings. The summed E-state index contributed by atoms with van der Waals surface area (Å²) in [5.41, 5.74) is 12.5. The molecule has 0 radical (unpaired) electrons. The Morgan fingerprint density at radius 1 is 1.30 bits per heavy atom. The normalized spacial score (nSPS) is 16.1. The van der Waals surface area contributed by atoms with E-state index in [4.69, 9.17) is 11.5 Å². The SMILES string of the molecule is CN(C)C(=O)c1cc(Nc2nc(N3CCCC(N)C3)ncc2C(N)=O)cc(C(C)(C)C#N)c1.